The number of hydrogen-bond acceptors (Lipinski definition) is 2. The molecule has 0 aliphatic heterocycles. The first-order valence-corrected chi connectivity index (χ1v) is 7.03. The Kier molecular flexibility index (Phi) is 6.78. The predicted octanol–water partition coefficient (Wildman–Crippen LogP) is 3.22. The minimum absolute atomic E-state index is 1.03. The molecule has 2 nitrogen and oxygen atoms in total. The molecule has 0 heterocycles. The number of halogens is 1. The zero-order valence-corrected chi connectivity index (χ0v) is 12.7. The van der Waals surface area contributed by atoms with Crippen molar-refractivity contribution in [3.63, 3.8) is 0 Å². The van der Waals surface area contributed by atoms with Gasteiger partial charge in [-0.25, -0.2) is 0 Å². The Balaban J connectivity index is 2.56. The van der Waals surface area contributed by atoms with E-state index in [0.717, 1.165) is 26.2 Å². The predicted molar refractivity (Wildman–Crippen MR) is 78.3 cm³/mol. The monoisotopic (exact) mass is 298 g/mol. The molecule has 0 N–H and O–H groups in total. The number of nitrogens with zero attached hydrogens (tertiary/aromatic N) is 2. The van der Waals surface area contributed by atoms with E-state index in [1.807, 2.05) is 0 Å². The third kappa shape index (κ3) is 5.66. The molecule has 0 aliphatic carbocycles. The SMILES string of the molecule is CCCN(CCN(C)C)Cc1ccccc1Br. The average molecular weight is 299 g/mol. The van der Waals surface area contributed by atoms with Gasteiger partial charge in [-0.05, 0) is 38.7 Å². The number of rotatable bonds is 7. The van der Waals surface area contributed by atoms with Gasteiger partial charge < -0.3 is 4.90 Å². The Hall–Kier alpha value is -0.380. The van der Waals surface area contributed by atoms with Gasteiger partial charge in [-0.1, -0.05) is 41.1 Å². The molecule has 17 heavy (non-hydrogen) atoms. The molecule has 0 amide bonds. The summed E-state index contributed by atoms with van der Waals surface area (Å²) in [6.07, 6.45) is 1.21. The fourth-order valence-electron chi connectivity index (χ4n) is 1.80. The van der Waals surface area contributed by atoms with Gasteiger partial charge in [0.15, 0.2) is 0 Å². The normalized spacial score (nSPS) is 11.4. The first-order valence-electron chi connectivity index (χ1n) is 6.24. The van der Waals surface area contributed by atoms with Crippen LogP contribution in [0.25, 0.3) is 0 Å². The third-order valence-corrected chi connectivity index (χ3v) is 3.53. The second-order valence-electron chi connectivity index (χ2n) is 4.67. The molecule has 96 valence electrons. The van der Waals surface area contributed by atoms with Gasteiger partial charge in [0, 0.05) is 24.1 Å². The zero-order chi connectivity index (χ0) is 12.7. The Bertz CT molecular complexity index is 326. The summed E-state index contributed by atoms with van der Waals surface area (Å²) >= 11 is 3.62. The second kappa shape index (κ2) is 7.85. The van der Waals surface area contributed by atoms with E-state index in [0.29, 0.717) is 0 Å². The standard InChI is InChI=1S/C14H23BrN2/c1-4-9-17(11-10-16(2)3)12-13-7-5-6-8-14(13)15/h5-8H,4,9-12H2,1-3H3. The summed E-state index contributed by atoms with van der Waals surface area (Å²) in [6.45, 7) is 6.67. The van der Waals surface area contributed by atoms with Crippen LogP contribution in [0.4, 0.5) is 0 Å². The van der Waals surface area contributed by atoms with Crippen LogP contribution in [0.5, 0.6) is 0 Å². The summed E-state index contributed by atoms with van der Waals surface area (Å²) < 4.78 is 1.21. The lowest BCUT2D eigenvalue weighted by Crippen LogP contribution is -2.32. The van der Waals surface area contributed by atoms with Crippen LogP contribution in [-0.2, 0) is 6.54 Å². The number of benzene rings is 1. The Morgan fingerprint density at radius 1 is 1.06 bits per heavy atom. The van der Waals surface area contributed by atoms with E-state index in [1.165, 1.54) is 16.5 Å². The van der Waals surface area contributed by atoms with Gasteiger partial charge in [0.25, 0.3) is 0 Å². The lowest BCUT2D eigenvalue weighted by atomic mass is 10.2. The Morgan fingerprint density at radius 3 is 2.35 bits per heavy atom. The van der Waals surface area contributed by atoms with Crippen LogP contribution in [0.2, 0.25) is 0 Å². The zero-order valence-electron chi connectivity index (χ0n) is 11.1. The van der Waals surface area contributed by atoms with Crippen molar-refractivity contribution in [3.8, 4) is 0 Å². The van der Waals surface area contributed by atoms with Crippen molar-refractivity contribution >= 4 is 15.9 Å². The summed E-state index contributed by atoms with van der Waals surface area (Å²) in [5.74, 6) is 0. The summed E-state index contributed by atoms with van der Waals surface area (Å²) in [5, 5.41) is 0. The molecule has 1 aromatic carbocycles. The fourth-order valence-corrected chi connectivity index (χ4v) is 2.21. The molecule has 0 bridgehead atoms. The first-order chi connectivity index (χ1) is 8.13. The molecule has 0 unspecified atom stereocenters. The summed E-state index contributed by atoms with van der Waals surface area (Å²) in [6, 6.07) is 8.49. The van der Waals surface area contributed by atoms with Crippen molar-refractivity contribution in [3.05, 3.63) is 34.3 Å². The maximum atomic E-state index is 3.62. The smallest absolute Gasteiger partial charge is 0.0245 e. The molecule has 1 rings (SSSR count). The van der Waals surface area contributed by atoms with Gasteiger partial charge in [-0.2, -0.15) is 0 Å². The van der Waals surface area contributed by atoms with Crippen molar-refractivity contribution in [2.24, 2.45) is 0 Å². The van der Waals surface area contributed by atoms with E-state index < -0.39 is 0 Å². The van der Waals surface area contributed by atoms with Gasteiger partial charge >= 0.3 is 0 Å². The van der Waals surface area contributed by atoms with Crippen molar-refractivity contribution in [2.45, 2.75) is 19.9 Å². The van der Waals surface area contributed by atoms with E-state index in [4.69, 9.17) is 0 Å². The van der Waals surface area contributed by atoms with Crippen molar-refractivity contribution in [2.75, 3.05) is 33.7 Å². The lowest BCUT2D eigenvalue weighted by Gasteiger charge is -2.24. The van der Waals surface area contributed by atoms with E-state index in [9.17, 15) is 0 Å². The van der Waals surface area contributed by atoms with E-state index in [-0.39, 0.29) is 0 Å². The van der Waals surface area contributed by atoms with Gasteiger partial charge in [0.1, 0.15) is 0 Å². The van der Waals surface area contributed by atoms with Gasteiger partial charge in [0.05, 0.1) is 0 Å². The summed E-state index contributed by atoms with van der Waals surface area (Å²) in [7, 11) is 4.26. The first kappa shape index (κ1) is 14.7. The highest BCUT2D eigenvalue weighted by Gasteiger charge is 2.07. The molecular weight excluding hydrogens is 276 g/mol. The van der Waals surface area contributed by atoms with Crippen LogP contribution >= 0.6 is 15.9 Å². The quantitative estimate of drug-likeness (QED) is 0.763. The highest BCUT2D eigenvalue weighted by Crippen LogP contribution is 2.17. The van der Waals surface area contributed by atoms with Gasteiger partial charge in [0.2, 0.25) is 0 Å². The van der Waals surface area contributed by atoms with Crippen molar-refractivity contribution in [1.82, 2.24) is 9.80 Å². The molecule has 0 fully saturated rings. The Morgan fingerprint density at radius 2 is 1.76 bits per heavy atom. The lowest BCUT2D eigenvalue weighted by molar-refractivity contribution is 0.233. The van der Waals surface area contributed by atoms with E-state index in [1.54, 1.807) is 0 Å². The third-order valence-electron chi connectivity index (χ3n) is 2.76. The molecular formula is C14H23BrN2. The minimum atomic E-state index is 1.03. The molecule has 1 aromatic rings. The summed E-state index contributed by atoms with van der Waals surface area (Å²) in [4.78, 5) is 4.75. The fraction of sp³-hybridized carbons (Fsp3) is 0.571. The topological polar surface area (TPSA) is 6.48 Å². The maximum absolute atomic E-state index is 3.62. The van der Waals surface area contributed by atoms with Gasteiger partial charge in [-0.3, -0.25) is 4.90 Å². The van der Waals surface area contributed by atoms with Crippen LogP contribution in [0.15, 0.2) is 28.7 Å². The van der Waals surface area contributed by atoms with E-state index >= 15 is 0 Å². The molecule has 0 atom stereocenters. The van der Waals surface area contributed by atoms with Crippen molar-refractivity contribution in [1.29, 1.82) is 0 Å². The Labute approximate surface area is 114 Å². The van der Waals surface area contributed by atoms with E-state index in [2.05, 4.69) is 71.0 Å². The summed E-state index contributed by atoms with van der Waals surface area (Å²) in [5.41, 5.74) is 1.37. The molecule has 0 spiro atoms. The average Bonchev–Trinajstić information content (AvgIpc) is 2.29. The van der Waals surface area contributed by atoms with Crippen LogP contribution in [0.1, 0.15) is 18.9 Å². The minimum Gasteiger partial charge on any atom is -0.308 e. The van der Waals surface area contributed by atoms with Crippen LogP contribution in [0.3, 0.4) is 0 Å². The van der Waals surface area contributed by atoms with Crippen LogP contribution in [-0.4, -0.2) is 43.5 Å². The molecule has 0 saturated heterocycles. The van der Waals surface area contributed by atoms with Crippen LogP contribution < -0.4 is 0 Å². The van der Waals surface area contributed by atoms with Crippen LogP contribution in [0, 0.1) is 0 Å². The molecule has 0 saturated carbocycles. The highest BCUT2D eigenvalue weighted by molar-refractivity contribution is 9.10. The molecule has 3 heteroatoms. The maximum Gasteiger partial charge on any atom is 0.0245 e. The highest BCUT2D eigenvalue weighted by atomic mass is 79.9. The molecule has 0 aromatic heterocycles. The largest absolute Gasteiger partial charge is 0.308 e. The number of likely N-dealkylation sites (N-methyl/N-ethyl adjacent to an activating group) is 1. The van der Waals surface area contributed by atoms with Gasteiger partial charge in [-0.15, -0.1) is 0 Å². The van der Waals surface area contributed by atoms with Crippen molar-refractivity contribution < 1.29 is 0 Å². The number of hydrogen-bond donors (Lipinski definition) is 0. The molecule has 0 radical (unpaired) electrons. The second-order valence-corrected chi connectivity index (χ2v) is 5.53. The molecule has 0 aliphatic rings.